The van der Waals surface area contributed by atoms with Gasteiger partial charge in [-0.1, -0.05) is 18.2 Å². The molecular formula is C16H19N3O. The minimum atomic E-state index is -0.0831. The first-order valence-corrected chi connectivity index (χ1v) is 6.70. The number of carbonyl (C=O) groups is 1. The predicted molar refractivity (Wildman–Crippen MR) is 79.3 cm³/mol. The van der Waals surface area contributed by atoms with E-state index in [4.69, 9.17) is 5.73 Å². The van der Waals surface area contributed by atoms with Gasteiger partial charge in [-0.15, -0.1) is 0 Å². The lowest BCUT2D eigenvalue weighted by Crippen LogP contribution is -2.26. The van der Waals surface area contributed by atoms with Crippen molar-refractivity contribution in [2.45, 2.75) is 19.4 Å². The van der Waals surface area contributed by atoms with E-state index in [0.29, 0.717) is 12.1 Å². The summed E-state index contributed by atoms with van der Waals surface area (Å²) in [5.74, 6) is -0.0831. The van der Waals surface area contributed by atoms with Crippen LogP contribution in [0.2, 0.25) is 0 Å². The van der Waals surface area contributed by atoms with E-state index in [-0.39, 0.29) is 11.9 Å². The number of amides is 1. The number of nitrogens with two attached hydrogens (primary N) is 1. The number of nitrogens with one attached hydrogen (secondary N) is 1. The van der Waals surface area contributed by atoms with E-state index in [1.165, 1.54) is 0 Å². The highest BCUT2D eigenvalue weighted by molar-refractivity contribution is 5.94. The molecule has 20 heavy (non-hydrogen) atoms. The van der Waals surface area contributed by atoms with E-state index in [1.54, 1.807) is 12.4 Å². The summed E-state index contributed by atoms with van der Waals surface area (Å²) in [5, 5.41) is 2.97. The Morgan fingerprint density at radius 3 is 2.90 bits per heavy atom. The van der Waals surface area contributed by atoms with Crippen molar-refractivity contribution in [3.05, 3.63) is 65.5 Å². The lowest BCUT2D eigenvalue weighted by Gasteiger charge is -2.14. The molecule has 4 heteroatoms. The quantitative estimate of drug-likeness (QED) is 0.873. The molecular weight excluding hydrogens is 250 g/mol. The fourth-order valence-corrected chi connectivity index (χ4v) is 2.03. The van der Waals surface area contributed by atoms with E-state index in [9.17, 15) is 4.79 Å². The van der Waals surface area contributed by atoms with Gasteiger partial charge in [0.25, 0.3) is 5.91 Å². The van der Waals surface area contributed by atoms with Crippen molar-refractivity contribution in [3.8, 4) is 0 Å². The Balaban J connectivity index is 2.06. The summed E-state index contributed by atoms with van der Waals surface area (Å²) in [6, 6.07) is 11.3. The van der Waals surface area contributed by atoms with Crippen molar-refractivity contribution in [3.63, 3.8) is 0 Å². The van der Waals surface area contributed by atoms with Crippen LogP contribution in [0.25, 0.3) is 0 Å². The number of aromatic nitrogens is 1. The molecule has 0 spiro atoms. The summed E-state index contributed by atoms with van der Waals surface area (Å²) in [6.07, 6.45) is 4.25. The first-order chi connectivity index (χ1) is 9.70. The second-order valence-electron chi connectivity index (χ2n) is 4.72. The molecule has 104 valence electrons. The van der Waals surface area contributed by atoms with Crippen LogP contribution in [0.1, 0.15) is 34.5 Å². The number of nitrogens with zero attached hydrogens (tertiary/aromatic N) is 1. The van der Waals surface area contributed by atoms with Gasteiger partial charge >= 0.3 is 0 Å². The summed E-state index contributed by atoms with van der Waals surface area (Å²) in [5.41, 5.74) is 8.26. The normalized spacial score (nSPS) is 11.9. The molecule has 0 aliphatic rings. The molecule has 0 aliphatic carbocycles. The third-order valence-electron chi connectivity index (χ3n) is 3.15. The second-order valence-corrected chi connectivity index (χ2v) is 4.72. The lowest BCUT2D eigenvalue weighted by atomic mass is 10.1. The Labute approximate surface area is 119 Å². The minimum absolute atomic E-state index is 0.0747. The fourth-order valence-electron chi connectivity index (χ4n) is 2.03. The zero-order chi connectivity index (χ0) is 14.4. The second kappa shape index (κ2) is 6.82. The highest BCUT2D eigenvalue weighted by Crippen LogP contribution is 2.12. The maximum absolute atomic E-state index is 12.2. The molecule has 2 rings (SSSR count). The van der Waals surface area contributed by atoms with Crippen molar-refractivity contribution < 1.29 is 4.79 Å². The van der Waals surface area contributed by atoms with Crippen molar-refractivity contribution >= 4 is 5.91 Å². The zero-order valence-corrected chi connectivity index (χ0v) is 11.5. The van der Waals surface area contributed by atoms with Gasteiger partial charge in [0.15, 0.2) is 0 Å². The van der Waals surface area contributed by atoms with Gasteiger partial charge in [-0.25, -0.2) is 0 Å². The van der Waals surface area contributed by atoms with Crippen LogP contribution >= 0.6 is 0 Å². The van der Waals surface area contributed by atoms with E-state index in [2.05, 4.69) is 10.3 Å². The van der Waals surface area contributed by atoms with E-state index in [0.717, 1.165) is 17.5 Å². The van der Waals surface area contributed by atoms with Gasteiger partial charge in [-0.2, -0.15) is 0 Å². The summed E-state index contributed by atoms with van der Waals surface area (Å²) in [6.45, 7) is 2.52. The number of pyridine rings is 1. The zero-order valence-electron chi connectivity index (χ0n) is 11.5. The van der Waals surface area contributed by atoms with Crippen molar-refractivity contribution in [2.75, 3.05) is 6.54 Å². The SMILES string of the molecule is CC(NC(=O)c1cccc(CCN)c1)c1cccnc1. The van der Waals surface area contributed by atoms with Crippen LogP contribution in [0.3, 0.4) is 0 Å². The molecule has 3 N–H and O–H groups in total. The van der Waals surface area contributed by atoms with Gasteiger partial charge in [0.1, 0.15) is 0 Å². The summed E-state index contributed by atoms with van der Waals surface area (Å²) in [7, 11) is 0. The summed E-state index contributed by atoms with van der Waals surface area (Å²) >= 11 is 0. The van der Waals surface area contributed by atoms with Crippen LogP contribution in [0.15, 0.2) is 48.8 Å². The largest absolute Gasteiger partial charge is 0.345 e. The van der Waals surface area contributed by atoms with Gasteiger partial charge in [-0.05, 0) is 49.2 Å². The molecule has 2 aromatic rings. The monoisotopic (exact) mass is 269 g/mol. The number of rotatable bonds is 5. The Morgan fingerprint density at radius 1 is 1.35 bits per heavy atom. The molecule has 0 fully saturated rings. The molecule has 0 radical (unpaired) electrons. The standard InChI is InChI=1S/C16H19N3O/c1-12(15-6-3-9-18-11-15)19-16(20)14-5-2-4-13(10-14)7-8-17/h2-6,9-12H,7-8,17H2,1H3,(H,19,20). The number of hydrogen-bond acceptors (Lipinski definition) is 3. The molecule has 1 unspecified atom stereocenters. The van der Waals surface area contributed by atoms with Crippen LogP contribution < -0.4 is 11.1 Å². The van der Waals surface area contributed by atoms with Gasteiger partial charge < -0.3 is 11.1 Å². The molecule has 1 atom stereocenters. The van der Waals surface area contributed by atoms with Gasteiger partial charge in [-0.3, -0.25) is 9.78 Å². The average molecular weight is 269 g/mol. The van der Waals surface area contributed by atoms with Crippen molar-refractivity contribution in [1.29, 1.82) is 0 Å². The number of carbonyl (C=O) groups excluding carboxylic acids is 1. The number of hydrogen-bond donors (Lipinski definition) is 2. The van der Waals surface area contributed by atoms with Gasteiger partial charge in [0.2, 0.25) is 0 Å². The number of benzene rings is 1. The van der Waals surface area contributed by atoms with Gasteiger partial charge in [0.05, 0.1) is 6.04 Å². The molecule has 1 aromatic carbocycles. The van der Waals surface area contributed by atoms with Crippen molar-refractivity contribution in [2.24, 2.45) is 5.73 Å². The third-order valence-corrected chi connectivity index (χ3v) is 3.15. The van der Waals surface area contributed by atoms with Crippen LogP contribution in [0, 0.1) is 0 Å². The molecule has 0 saturated carbocycles. The first-order valence-electron chi connectivity index (χ1n) is 6.70. The lowest BCUT2D eigenvalue weighted by molar-refractivity contribution is 0.0939. The van der Waals surface area contributed by atoms with Crippen LogP contribution in [-0.2, 0) is 6.42 Å². The first kappa shape index (κ1) is 14.2. The van der Waals surface area contributed by atoms with E-state index >= 15 is 0 Å². The Morgan fingerprint density at radius 2 is 2.20 bits per heavy atom. The van der Waals surface area contributed by atoms with Gasteiger partial charge in [0, 0.05) is 18.0 Å². The summed E-state index contributed by atoms with van der Waals surface area (Å²) < 4.78 is 0. The average Bonchev–Trinajstić information content (AvgIpc) is 2.48. The molecule has 0 bridgehead atoms. The molecule has 0 aliphatic heterocycles. The van der Waals surface area contributed by atoms with E-state index < -0.39 is 0 Å². The highest BCUT2D eigenvalue weighted by Gasteiger charge is 2.11. The topological polar surface area (TPSA) is 68.0 Å². The highest BCUT2D eigenvalue weighted by atomic mass is 16.1. The molecule has 0 saturated heterocycles. The Kier molecular flexibility index (Phi) is 4.85. The van der Waals surface area contributed by atoms with Crippen LogP contribution in [-0.4, -0.2) is 17.4 Å². The molecule has 1 aromatic heterocycles. The molecule has 4 nitrogen and oxygen atoms in total. The summed E-state index contributed by atoms with van der Waals surface area (Å²) in [4.78, 5) is 16.3. The minimum Gasteiger partial charge on any atom is -0.345 e. The Bertz CT molecular complexity index is 569. The van der Waals surface area contributed by atoms with Crippen LogP contribution in [0.4, 0.5) is 0 Å². The Hall–Kier alpha value is -2.20. The fraction of sp³-hybridized carbons (Fsp3) is 0.250. The predicted octanol–water partition coefficient (Wildman–Crippen LogP) is 2.07. The maximum Gasteiger partial charge on any atom is 0.251 e. The van der Waals surface area contributed by atoms with E-state index in [1.807, 2.05) is 43.3 Å². The third kappa shape index (κ3) is 3.65. The molecule has 1 heterocycles. The molecule has 1 amide bonds. The maximum atomic E-state index is 12.2. The van der Waals surface area contributed by atoms with Crippen LogP contribution in [0.5, 0.6) is 0 Å². The van der Waals surface area contributed by atoms with Crippen molar-refractivity contribution in [1.82, 2.24) is 10.3 Å². The smallest absolute Gasteiger partial charge is 0.251 e.